The first-order valence-corrected chi connectivity index (χ1v) is 23.2. The van der Waals surface area contributed by atoms with Gasteiger partial charge in [-0.05, 0) is 86.5 Å². The highest BCUT2D eigenvalue weighted by molar-refractivity contribution is 7.99. The smallest absolute Gasteiger partial charge is 0.0612 e. The standard InChI is InChI=1S/C42H85NOS2/c1-5-9-31-41(7-3)39-45-37-29-23-19-15-11-13-17-21-25-33-43(35-27-28-36-44)34-26-22-18-14-12-16-20-24-30-38-46-40-42(8-4)32-10-6-2/h27-28,41-42,44H,5-26,29-40H2,1-4H3/b28-27+. The summed E-state index contributed by atoms with van der Waals surface area (Å²) in [6, 6.07) is 0. The van der Waals surface area contributed by atoms with Crippen molar-refractivity contribution in [2.45, 2.75) is 195 Å². The second-order valence-corrected chi connectivity index (χ2v) is 16.6. The molecule has 0 radical (unpaired) electrons. The Morgan fingerprint density at radius 1 is 0.478 bits per heavy atom. The average molecular weight is 684 g/mol. The van der Waals surface area contributed by atoms with E-state index in [0.29, 0.717) is 0 Å². The fourth-order valence-corrected chi connectivity index (χ4v) is 9.06. The molecule has 0 rings (SSSR count). The van der Waals surface area contributed by atoms with Gasteiger partial charge < -0.3 is 5.11 Å². The van der Waals surface area contributed by atoms with Crippen LogP contribution < -0.4 is 0 Å². The van der Waals surface area contributed by atoms with Crippen LogP contribution in [-0.4, -0.2) is 59.3 Å². The van der Waals surface area contributed by atoms with Crippen LogP contribution in [0.1, 0.15) is 195 Å². The van der Waals surface area contributed by atoms with Gasteiger partial charge in [0.25, 0.3) is 0 Å². The molecule has 46 heavy (non-hydrogen) atoms. The molecule has 0 bridgehead atoms. The van der Waals surface area contributed by atoms with E-state index in [9.17, 15) is 0 Å². The van der Waals surface area contributed by atoms with Crippen molar-refractivity contribution in [1.29, 1.82) is 0 Å². The fraction of sp³-hybridized carbons (Fsp3) is 0.952. The minimum atomic E-state index is 0.169. The maximum absolute atomic E-state index is 9.16. The van der Waals surface area contributed by atoms with Gasteiger partial charge in [-0.2, -0.15) is 23.5 Å². The number of hydrogen-bond acceptors (Lipinski definition) is 4. The van der Waals surface area contributed by atoms with E-state index < -0.39 is 0 Å². The monoisotopic (exact) mass is 684 g/mol. The molecule has 2 nitrogen and oxygen atoms in total. The van der Waals surface area contributed by atoms with Gasteiger partial charge in [0, 0.05) is 6.54 Å². The third-order valence-corrected chi connectivity index (χ3v) is 12.5. The molecule has 2 atom stereocenters. The molecule has 0 aliphatic carbocycles. The summed E-state index contributed by atoms with van der Waals surface area (Å²) >= 11 is 4.43. The number of aliphatic hydroxyl groups is 1. The number of rotatable bonds is 39. The van der Waals surface area contributed by atoms with Gasteiger partial charge in [0.05, 0.1) is 6.61 Å². The van der Waals surface area contributed by atoms with Crippen LogP contribution in [-0.2, 0) is 0 Å². The lowest BCUT2D eigenvalue weighted by molar-refractivity contribution is 0.284. The molecule has 1 N–H and O–H groups in total. The van der Waals surface area contributed by atoms with Gasteiger partial charge in [-0.1, -0.05) is 168 Å². The van der Waals surface area contributed by atoms with Crippen LogP contribution in [0.2, 0.25) is 0 Å². The van der Waals surface area contributed by atoms with Crippen molar-refractivity contribution in [2.24, 2.45) is 11.8 Å². The van der Waals surface area contributed by atoms with Crippen LogP contribution in [0.5, 0.6) is 0 Å². The zero-order valence-corrected chi connectivity index (χ0v) is 33.7. The van der Waals surface area contributed by atoms with Gasteiger partial charge in [0.15, 0.2) is 0 Å². The third-order valence-electron chi connectivity index (χ3n) is 9.96. The molecule has 276 valence electrons. The van der Waals surface area contributed by atoms with Gasteiger partial charge in [-0.3, -0.25) is 4.90 Å². The van der Waals surface area contributed by atoms with Crippen LogP contribution in [0.25, 0.3) is 0 Å². The van der Waals surface area contributed by atoms with Crippen LogP contribution in [0.3, 0.4) is 0 Å². The van der Waals surface area contributed by atoms with Crippen molar-refractivity contribution < 1.29 is 5.11 Å². The summed E-state index contributed by atoms with van der Waals surface area (Å²) in [4.78, 5) is 2.63. The Hall–Kier alpha value is 0.360. The molecule has 2 unspecified atom stereocenters. The predicted molar refractivity (Wildman–Crippen MR) is 217 cm³/mol. The third kappa shape index (κ3) is 34.2. The van der Waals surface area contributed by atoms with Crippen LogP contribution in [0.15, 0.2) is 12.2 Å². The molecule has 0 aliphatic rings. The molecular formula is C42H85NOS2. The molecule has 0 aromatic carbocycles. The minimum absolute atomic E-state index is 0.169. The Balaban J connectivity index is 3.66. The van der Waals surface area contributed by atoms with Gasteiger partial charge in [0.1, 0.15) is 0 Å². The topological polar surface area (TPSA) is 23.5 Å². The van der Waals surface area contributed by atoms with E-state index in [4.69, 9.17) is 5.11 Å². The van der Waals surface area contributed by atoms with Crippen molar-refractivity contribution in [3.8, 4) is 0 Å². The van der Waals surface area contributed by atoms with E-state index in [-0.39, 0.29) is 6.61 Å². The molecule has 0 aliphatic heterocycles. The maximum Gasteiger partial charge on any atom is 0.0612 e. The number of hydrogen-bond donors (Lipinski definition) is 1. The highest BCUT2D eigenvalue weighted by Gasteiger charge is 2.07. The quantitative estimate of drug-likeness (QED) is 0.0514. The van der Waals surface area contributed by atoms with Crippen LogP contribution in [0, 0.1) is 11.8 Å². The van der Waals surface area contributed by atoms with Gasteiger partial charge in [-0.25, -0.2) is 0 Å². The first-order chi connectivity index (χ1) is 22.7. The molecule has 0 saturated heterocycles. The number of thioether (sulfide) groups is 2. The molecule has 0 heterocycles. The van der Waals surface area contributed by atoms with Crippen molar-refractivity contribution in [3.05, 3.63) is 12.2 Å². The average Bonchev–Trinajstić information content (AvgIpc) is 3.07. The zero-order chi connectivity index (χ0) is 33.6. The number of nitrogens with zero attached hydrogens (tertiary/aromatic N) is 1. The van der Waals surface area contributed by atoms with Crippen molar-refractivity contribution in [2.75, 3.05) is 49.3 Å². The normalized spacial score (nSPS) is 13.3. The first kappa shape index (κ1) is 46.4. The van der Waals surface area contributed by atoms with E-state index in [1.165, 1.54) is 203 Å². The van der Waals surface area contributed by atoms with E-state index in [1.807, 2.05) is 6.08 Å². The van der Waals surface area contributed by atoms with Crippen molar-refractivity contribution in [3.63, 3.8) is 0 Å². The zero-order valence-electron chi connectivity index (χ0n) is 32.1. The molecule has 0 aromatic heterocycles. The molecule has 4 heteroatoms. The maximum atomic E-state index is 9.16. The molecular weight excluding hydrogens is 599 g/mol. The summed E-state index contributed by atoms with van der Waals surface area (Å²) in [6.07, 6.45) is 40.7. The Labute approximate surface area is 300 Å². The number of aliphatic hydroxyl groups excluding tert-OH is 1. The van der Waals surface area contributed by atoms with Gasteiger partial charge >= 0.3 is 0 Å². The van der Waals surface area contributed by atoms with Crippen LogP contribution in [0.4, 0.5) is 0 Å². The predicted octanol–water partition coefficient (Wildman–Crippen LogP) is 13.8. The molecule has 0 fully saturated rings. The van der Waals surface area contributed by atoms with E-state index in [1.54, 1.807) is 0 Å². The highest BCUT2D eigenvalue weighted by Crippen LogP contribution is 2.21. The lowest BCUT2D eigenvalue weighted by Crippen LogP contribution is -2.26. The summed E-state index contributed by atoms with van der Waals surface area (Å²) in [5.74, 6) is 7.47. The van der Waals surface area contributed by atoms with E-state index in [0.717, 1.165) is 18.4 Å². The van der Waals surface area contributed by atoms with Gasteiger partial charge in [-0.15, -0.1) is 0 Å². The summed E-state index contributed by atoms with van der Waals surface area (Å²) < 4.78 is 0. The van der Waals surface area contributed by atoms with Gasteiger partial charge in [0.2, 0.25) is 0 Å². The summed E-state index contributed by atoms with van der Waals surface area (Å²) in [7, 11) is 0. The molecule has 0 spiro atoms. The Kier molecular flexibility index (Phi) is 40.1. The van der Waals surface area contributed by atoms with Crippen molar-refractivity contribution in [1.82, 2.24) is 4.90 Å². The number of unbranched alkanes of at least 4 members (excludes halogenated alkanes) is 18. The van der Waals surface area contributed by atoms with E-state index >= 15 is 0 Å². The minimum Gasteiger partial charge on any atom is -0.392 e. The van der Waals surface area contributed by atoms with Crippen LogP contribution >= 0.6 is 23.5 Å². The fourth-order valence-electron chi connectivity index (χ4n) is 6.44. The first-order valence-electron chi connectivity index (χ1n) is 20.8. The Bertz CT molecular complexity index is 544. The van der Waals surface area contributed by atoms with E-state index in [2.05, 4.69) is 62.2 Å². The molecule has 0 saturated carbocycles. The second kappa shape index (κ2) is 39.8. The summed E-state index contributed by atoms with van der Waals surface area (Å²) in [5, 5.41) is 9.16. The largest absolute Gasteiger partial charge is 0.392 e. The SMILES string of the molecule is CCCCC(CC)CSCCCCCCCCCCCN(C/C=C/CO)CCCCCCCCCCCSCC(CC)CCCC. The van der Waals surface area contributed by atoms with Crippen molar-refractivity contribution >= 4 is 23.5 Å². The molecule has 0 amide bonds. The summed E-state index contributed by atoms with van der Waals surface area (Å²) in [6.45, 7) is 13.0. The highest BCUT2D eigenvalue weighted by atomic mass is 32.2. The lowest BCUT2D eigenvalue weighted by Gasteiger charge is -2.20. The lowest BCUT2D eigenvalue weighted by atomic mass is 10.0. The Morgan fingerprint density at radius 3 is 1.20 bits per heavy atom. The second-order valence-electron chi connectivity index (χ2n) is 14.3. The Morgan fingerprint density at radius 2 is 0.848 bits per heavy atom. The summed E-state index contributed by atoms with van der Waals surface area (Å²) in [5.41, 5.74) is 0. The molecule has 0 aromatic rings.